The Balaban J connectivity index is 2.14. The van der Waals surface area contributed by atoms with Gasteiger partial charge in [-0.2, -0.15) is 10.1 Å². The summed E-state index contributed by atoms with van der Waals surface area (Å²) in [6, 6.07) is 7.23. The number of nitrogens with zero attached hydrogens (tertiary/aromatic N) is 4. The van der Waals surface area contributed by atoms with Crippen LogP contribution >= 0.6 is 0 Å². The van der Waals surface area contributed by atoms with Gasteiger partial charge in [-0.15, -0.1) is 5.10 Å². The van der Waals surface area contributed by atoms with Crippen molar-refractivity contribution in [3.05, 3.63) is 36.0 Å². The summed E-state index contributed by atoms with van der Waals surface area (Å²) in [5.41, 5.74) is 1.51. The zero-order valence-corrected chi connectivity index (χ0v) is 13.9. The summed E-state index contributed by atoms with van der Waals surface area (Å²) in [6.07, 6.45) is 3.80. The Labute approximate surface area is 137 Å². The third kappa shape index (κ3) is 4.74. The third-order valence-corrected chi connectivity index (χ3v) is 3.40. The maximum absolute atomic E-state index is 11.3. The van der Waals surface area contributed by atoms with Crippen LogP contribution in [0.1, 0.15) is 44.0 Å². The van der Waals surface area contributed by atoms with Crippen molar-refractivity contribution in [2.75, 3.05) is 23.3 Å². The number of rotatable bonds is 8. The van der Waals surface area contributed by atoms with Crippen molar-refractivity contribution < 1.29 is 4.79 Å². The topological polar surface area (TPSA) is 71.0 Å². The van der Waals surface area contributed by atoms with Crippen LogP contribution in [0.5, 0.6) is 0 Å². The molecular weight excluding hydrogens is 290 g/mol. The van der Waals surface area contributed by atoms with Crippen LogP contribution < -0.4 is 10.2 Å². The number of benzene rings is 1. The van der Waals surface area contributed by atoms with Gasteiger partial charge in [0.15, 0.2) is 11.6 Å². The van der Waals surface area contributed by atoms with Gasteiger partial charge in [0.05, 0.1) is 6.20 Å². The van der Waals surface area contributed by atoms with Crippen LogP contribution in [0, 0.1) is 0 Å². The molecule has 0 fully saturated rings. The molecule has 2 aromatic rings. The van der Waals surface area contributed by atoms with Crippen LogP contribution in [0.3, 0.4) is 0 Å². The molecule has 0 saturated heterocycles. The maximum atomic E-state index is 11.3. The molecule has 1 N–H and O–H groups in total. The number of Topliss-reactive ketones (excluding diaryl/α,β-unsaturated/α-hetero) is 1. The summed E-state index contributed by atoms with van der Waals surface area (Å²) in [6.45, 7) is 7.73. The van der Waals surface area contributed by atoms with Crippen molar-refractivity contribution in [2.45, 2.75) is 33.6 Å². The molecule has 1 aromatic heterocycles. The van der Waals surface area contributed by atoms with E-state index in [0.717, 1.165) is 37.4 Å². The summed E-state index contributed by atoms with van der Waals surface area (Å²) in [5.74, 6) is 1.33. The number of hydrogen-bond acceptors (Lipinski definition) is 6. The van der Waals surface area contributed by atoms with Gasteiger partial charge in [0.1, 0.15) is 0 Å². The molecule has 0 atom stereocenters. The zero-order chi connectivity index (χ0) is 16.7. The van der Waals surface area contributed by atoms with E-state index in [1.54, 1.807) is 25.3 Å². The van der Waals surface area contributed by atoms with E-state index in [9.17, 15) is 4.79 Å². The molecule has 6 nitrogen and oxygen atoms in total. The lowest BCUT2D eigenvalue weighted by Crippen LogP contribution is -2.26. The largest absolute Gasteiger partial charge is 0.355 e. The molecule has 0 unspecified atom stereocenters. The summed E-state index contributed by atoms with van der Waals surface area (Å²) in [7, 11) is 0. The van der Waals surface area contributed by atoms with E-state index in [4.69, 9.17) is 0 Å². The van der Waals surface area contributed by atoms with E-state index in [2.05, 4.69) is 39.2 Å². The molecule has 0 radical (unpaired) electrons. The second-order valence-electron chi connectivity index (χ2n) is 5.38. The minimum atomic E-state index is 0.0474. The van der Waals surface area contributed by atoms with Crippen LogP contribution in [0.15, 0.2) is 30.5 Å². The first-order valence-electron chi connectivity index (χ1n) is 7.96. The molecule has 6 heteroatoms. The molecule has 0 saturated carbocycles. The molecule has 0 amide bonds. The maximum Gasteiger partial charge on any atom is 0.249 e. The van der Waals surface area contributed by atoms with Gasteiger partial charge in [0.2, 0.25) is 5.95 Å². The summed E-state index contributed by atoms with van der Waals surface area (Å²) >= 11 is 0. The summed E-state index contributed by atoms with van der Waals surface area (Å²) < 4.78 is 0. The predicted octanol–water partition coefficient (Wildman–Crippen LogP) is 3.44. The van der Waals surface area contributed by atoms with Gasteiger partial charge in [0.25, 0.3) is 0 Å². The van der Waals surface area contributed by atoms with Gasteiger partial charge in [-0.05, 0) is 44.0 Å². The molecule has 0 aliphatic rings. The number of aromatic nitrogens is 3. The zero-order valence-electron chi connectivity index (χ0n) is 13.9. The minimum Gasteiger partial charge on any atom is -0.355 e. The van der Waals surface area contributed by atoms with Crippen molar-refractivity contribution >= 4 is 23.2 Å². The second-order valence-corrected chi connectivity index (χ2v) is 5.38. The van der Waals surface area contributed by atoms with Gasteiger partial charge in [0, 0.05) is 24.3 Å². The normalized spacial score (nSPS) is 10.4. The second kappa shape index (κ2) is 8.22. The fourth-order valence-electron chi connectivity index (χ4n) is 2.30. The first-order chi connectivity index (χ1) is 11.1. The van der Waals surface area contributed by atoms with Crippen molar-refractivity contribution in [2.24, 2.45) is 0 Å². The Hall–Kier alpha value is -2.50. The monoisotopic (exact) mass is 313 g/mol. The van der Waals surface area contributed by atoms with Crippen LogP contribution in [0.4, 0.5) is 17.5 Å². The van der Waals surface area contributed by atoms with E-state index in [1.807, 2.05) is 12.1 Å². The number of ketones is 1. The highest BCUT2D eigenvalue weighted by atomic mass is 16.1. The molecule has 23 heavy (non-hydrogen) atoms. The summed E-state index contributed by atoms with van der Waals surface area (Å²) in [4.78, 5) is 18.0. The Kier molecular flexibility index (Phi) is 6.02. The van der Waals surface area contributed by atoms with Gasteiger partial charge >= 0.3 is 0 Å². The number of nitrogens with one attached hydrogen (secondary N) is 1. The molecule has 0 spiro atoms. The average Bonchev–Trinajstić information content (AvgIpc) is 2.55. The first-order valence-corrected chi connectivity index (χ1v) is 7.96. The Morgan fingerprint density at radius 1 is 1.13 bits per heavy atom. The smallest absolute Gasteiger partial charge is 0.249 e. The van der Waals surface area contributed by atoms with Crippen molar-refractivity contribution in [1.29, 1.82) is 0 Å². The lowest BCUT2D eigenvalue weighted by Gasteiger charge is -2.22. The standard InChI is InChI=1S/C17H23N5O/c1-4-10-22(11-5-2)16-12-18-21-17(20-16)19-15-8-6-14(7-9-15)13(3)23/h6-9,12H,4-5,10-11H2,1-3H3,(H,19,20,21). The van der Waals surface area contributed by atoms with Crippen molar-refractivity contribution in [3.8, 4) is 0 Å². The SMILES string of the molecule is CCCN(CCC)c1cnnc(Nc2ccc(C(C)=O)cc2)n1. The van der Waals surface area contributed by atoms with Gasteiger partial charge in [-0.3, -0.25) is 4.79 Å². The quantitative estimate of drug-likeness (QED) is 0.753. The fraction of sp³-hybridized carbons (Fsp3) is 0.412. The molecule has 122 valence electrons. The molecule has 2 rings (SSSR count). The highest BCUT2D eigenvalue weighted by molar-refractivity contribution is 5.94. The highest BCUT2D eigenvalue weighted by Gasteiger charge is 2.09. The van der Waals surface area contributed by atoms with Crippen LogP contribution in [-0.4, -0.2) is 34.1 Å². The highest BCUT2D eigenvalue weighted by Crippen LogP contribution is 2.17. The lowest BCUT2D eigenvalue weighted by atomic mass is 10.1. The molecule has 0 bridgehead atoms. The molecule has 0 aliphatic heterocycles. The number of carbonyl (C=O) groups excluding carboxylic acids is 1. The van der Waals surface area contributed by atoms with Gasteiger partial charge in [-0.1, -0.05) is 13.8 Å². The average molecular weight is 313 g/mol. The van der Waals surface area contributed by atoms with E-state index < -0.39 is 0 Å². The van der Waals surface area contributed by atoms with Crippen molar-refractivity contribution in [1.82, 2.24) is 15.2 Å². The van der Waals surface area contributed by atoms with E-state index in [-0.39, 0.29) is 5.78 Å². The van der Waals surface area contributed by atoms with Gasteiger partial charge < -0.3 is 10.2 Å². The van der Waals surface area contributed by atoms with Crippen LogP contribution in [0.2, 0.25) is 0 Å². The fourth-order valence-corrected chi connectivity index (χ4v) is 2.30. The van der Waals surface area contributed by atoms with Gasteiger partial charge in [-0.25, -0.2) is 0 Å². The Bertz CT molecular complexity index is 636. The number of anilines is 3. The summed E-state index contributed by atoms with van der Waals surface area (Å²) in [5, 5.41) is 11.2. The lowest BCUT2D eigenvalue weighted by molar-refractivity contribution is 0.101. The Morgan fingerprint density at radius 3 is 2.35 bits per heavy atom. The molecule has 0 aliphatic carbocycles. The third-order valence-electron chi connectivity index (χ3n) is 3.40. The van der Waals surface area contributed by atoms with E-state index >= 15 is 0 Å². The molecule has 1 heterocycles. The number of hydrogen-bond donors (Lipinski definition) is 1. The first kappa shape index (κ1) is 16.9. The molecular formula is C17H23N5O. The van der Waals surface area contributed by atoms with Crippen LogP contribution in [0.25, 0.3) is 0 Å². The van der Waals surface area contributed by atoms with E-state index in [1.165, 1.54) is 0 Å². The van der Waals surface area contributed by atoms with Crippen LogP contribution in [-0.2, 0) is 0 Å². The number of carbonyl (C=O) groups is 1. The van der Waals surface area contributed by atoms with E-state index in [0.29, 0.717) is 11.5 Å². The molecule has 1 aromatic carbocycles. The predicted molar refractivity (Wildman–Crippen MR) is 92.4 cm³/mol. The minimum absolute atomic E-state index is 0.0474. The Morgan fingerprint density at radius 2 is 1.78 bits per heavy atom. The van der Waals surface area contributed by atoms with Crippen molar-refractivity contribution in [3.63, 3.8) is 0 Å².